The molecule has 19 heavy (non-hydrogen) atoms. The zero-order valence-corrected chi connectivity index (χ0v) is 13.0. The Labute approximate surface area is 116 Å². The summed E-state index contributed by atoms with van der Waals surface area (Å²) in [5.41, 5.74) is 1.42. The number of amides is 2. The molecule has 1 atom stereocenters. The molecule has 1 unspecified atom stereocenters. The second-order valence-electron chi connectivity index (χ2n) is 4.79. The molecule has 0 saturated carbocycles. The Morgan fingerprint density at radius 1 is 1.32 bits per heavy atom. The van der Waals surface area contributed by atoms with Crippen molar-refractivity contribution in [2.75, 3.05) is 6.54 Å². The SMILES string of the molecule is CCCCCCNC(=O)C1=NN(P)C(=O)C1=C(C)C. The Kier molecular flexibility index (Phi) is 6.16. The van der Waals surface area contributed by atoms with Crippen LogP contribution < -0.4 is 5.32 Å². The third-order valence-electron chi connectivity index (χ3n) is 2.90. The second kappa shape index (κ2) is 7.39. The standard InChI is InChI=1S/C13H22N3O2P/c1-4-5-6-7-8-14-12(17)11-10(9(2)3)13(18)16(19)15-11/h4-8,19H2,1-3H3,(H,14,17). The van der Waals surface area contributed by atoms with Crippen molar-refractivity contribution < 1.29 is 9.59 Å². The molecule has 106 valence electrons. The first kappa shape index (κ1) is 15.8. The molecule has 1 aliphatic heterocycles. The van der Waals surface area contributed by atoms with Gasteiger partial charge in [0.1, 0.15) is 0 Å². The minimum absolute atomic E-state index is 0.218. The summed E-state index contributed by atoms with van der Waals surface area (Å²) < 4.78 is 1.13. The van der Waals surface area contributed by atoms with Gasteiger partial charge in [0.15, 0.2) is 5.71 Å². The van der Waals surface area contributed by atoms with Crippen LogP contribution in [0.3, 0.4) is 0 Å². The molecule has 0 aromatic rings. The van der Waals surface area contributed by atoms with Crippen LogP contribution in [0.4, 0.5) is 0 Å². The van der Waals surface area contributed by atoms with E-state index in [1.807, 2.05) is 0 Å². The lowest BCUT2D eigenvalue weighted by molar-refractivity contribution is -0.121. The summed E-state index contributed by atoms with van der Waals surface area (Å²) in [6.07, 6.45) is 4.40. The van der Waals surface area contributed by atoms with Crippen molar-refractivity contribution in [2.45, 2.75) is 46.5 Å². The smallest absolute Gasteiger partial charge is 0.279 e. The lowest BCUT2D eigenvalue weighted by Crippen LogP contribution is -2.32. The van der Waals surface area contributed by atoms with Crippen LogP contribution in [0.2, 0.25) is 0 Å². The third-order valence-corrected chi connectivity index (χ3v) is 3.25. The number of hydrogen-bond acceptors (Lipinski definition) is 3. The van der Waals surface area contributed by atoms with Gasteiger partial charge in [-0.3, -0.25) is 9.59 Å². The monoisotopic (exact) mass is 283 g/mol. The van der Waals surface area contributed by atoms with Crippen LogP contribution in [0.25, 0.3) is 0 Å². The number of hydrogen-bond donors (Lipinski definition) is 1. The fraction of sp³-hybridized carbons (Fsp3) is 0.615. The van der Waals surface area contributed by atoms with E-state index < -0.39 is 0 Å². The van der Waals surface area contributed by atoms with Crippen molar-refractivity contribution in [3.8, 4) is 0 Å². The molecule has 0 saturated heterocycles. The summed E-state index contributed by atoms with van der Waals surface area (Å²) in [7, 11) is 2.20. The predicted molar refractivity (Wildman–Crippen MR) is 79.5 cm³/mol. The first-order chi connectivity index (χ1) is 8.99. The van der Waals surface area contributed by atoms with Gasteiger partial charge < -0.3 is 5.32 Å². The minimum atomic E-state index is -0.272. The highest BCUT2D eigenvalue weighted by Gasteiger charge is 2.32. The highest BCUT2D eigenvalue weighted by Crippen LogP contribution is 2.21. The normalized spacial score (nSPS) is 14.7. The molecule has 0 spiro atoms. The lowest BCUT2D eigenvalue weighted by Gasteiger charge is -2.05. The van der Waals surface area contributed by atoms with Crippen LogP contribution in [0.1, 0.15) is 46.5 Å². The van der Waals surface area contributed by atoms with Crippen molar-refractivity contribution in [2.24, 2.45) is 5.10 Å². The summed E-state index contributed by atoms with van der Waals surface area (Å²) in [4.78, 5) is 23.8. The van der Waals surface area contributed by atoms with E-state index in [2.05, 4.69) is 26.7 Å². The number of allylic oxidation sites excluding steroid dienone is 1. The molecule has 0 bridgehead atoms. The van der Waals surface area contributed by atoms with Gasteiger partial charge in [-0.2, -0.15) is 5.10 Å². The van der Waals surface area contributed by atoms with E-state index in [0.29, 0.717) is 12.1 Å². The topological polar surface area (TPSA) is 61.8 Å². The van der Waals surface area contributed by atoms with Gasteiger partial charge in [0.25, 0.3) is 11.8 Å². The van der Waals surface area contributed by atoms with Crippen molar-refractivity contribution in [3.05, 3.63) is 11.1 Å². The fourth-order valence-corrected chi connectivity index (χ4v) is 2.11. The van der Waals surface area contributed by atoms with E-state index in [1.54, 1.807) is 13.8 Å². The summed E-state index contributed by atoms with van der Waals surface area (Å²) in [5.74, 6) is -0.521. The number of unbranched alkanes of at least 4 members (excludes halogenated alkanes) is 3. The highest BCUT2D eigenvalue weighted by atomic mass is 31.0. The second-order valence-corrected chi connectivity index (χ2v) is 5.28. The van der Waals surface area contributed by atoms with Gasteiger partial charge in [-0.15, -0.1) is 0 Å². The molecule has 2 amide bonds. The van der Waals surface area contributed by atoms with E-state index in [-0.39, 0.29) is 17.5 Å². The van der Waals surface area contributed by atoms with E-state index in [0.717, 1.165) is 23.2 Å². The van der Waals surface area contributed by atoms with Crippen molar-refractivity contribution in [3.63, 3.8) is 0 Å². The Balaban J connectivity index is 2.59. The number of nitrogens with one attached hydrogen (secondary N) is 1. The van der Waals surface area contributed by atoms with Gasteiger partial charge in [-0.05, 0) is 29.7 Å². The molecule has 0 radical (unpaired) electrons. The Morgan fingerprint density at radius 2 is 2.00 bits per heavy atom. The van der Waals surface area contributed by atoms with Gasteiger partial charge in [0, 0.05) is 6.54 Å². The molecular formula is C13H22N3O2P. The molecule has 0 fully saturated rings. The van der Waals surface area contributed by atoms with Gasteiger partial charge >= 0.3 is 0 Å². The van der Waals surface area contributed by atoms with E-state index in [4.69, 9.17) is 0 Å². The molecule has 6 heteroatoms. The van der Waals surface area contributed by atoms with Gasteiger partial charge in [-0.25, -0.2) is 4.78 Å². The number of nitrogens with zero attached hydrogens (tertiary/aromatic N) is 2. The average molecular weight is 283 g/mol. The van der Waals surface area contributed by atoms with Gasteiger partial charge in [0.2, 0.25) is 0 Å². The predicted octanol–water partition coefficient (Wildman–Crippen LogP) is 2.01. The van der Waals surface area contributed by atoms with Crippen LogP contribution in [0.5, 0.6) is 0 Å². The lowest BCUT2D eigenvalue weighted by atomic mass is 10.1. The summed E-state index contributed by atoms with van der Waals surface area (Å²) >= 11 is 0. The van der Waals surface area contributed by atoms with Crippen LogP contribution in [-0.2, 0) is 9.59 Å². The zero-order chi connectivity index (χ0) is 14.4. The summed E-state index contributed by atoms with van der Waals surface area (Å²) in [5, 5.41) is 6.80. The summed E-state index contributed by atoms with van der Waals surface area (Å²) in [6.45, 7) is 6.38. The summed E-state index contributed by atoms with van der Waals surface area (Å²) in [6, 6.07) is 0. The molecule has 0 aromatic heterocycles. The van der Waals surface area contributed by atoms with Gasteiger partial charge in [0.05, 0.1) is 5.57 Å². The average Bonchev–Trinajstić information content (AvgIpc) is 2.65. The maximum atomic E-state index is 12.0. The first-order valence-electron chi connectivity index (χ1n) is 6.62. The maximum absolute atomic E-state index is 12.0. The molecule has 0 aromatic carbocycles. The number of hydrazone groups is 1. The Morgan fingerprint density at radius 3 is 2.58 bits per heavy atom. The molecule has 0 aliphatic carbocycles. The quantitative estimate of drug-likeness (QED) is 0.460. The van der Waals surface area contributed by atoms with Crippen LogP contribution in [0, 0.1) is 0 Å². The number of carbonyl (C=O) groups is 2. The van der Waals surface area contributed by atoms with E-state index >= 15 is 0 Å². The van der Waals surface area contributed by atoms with Crippen LogP contribution in [0.15, 0.2) is 16.2 Å². The molecule has 1 rings (SSSR count). The van der Waals surface area contributed by atoms with E-state index in [1.165, 1.54) is 12.8 Å². The molecule has 1 aliphatic rings. The minimum Gasteiger partial charge on any atom is -0.351 e. The molecule has 5 nitrogen and oxygen atoms in total. The van der Waals surface area contributed by atoms with E-state index in [9.17, 15) is 9.59 Å². The van der Waals surface area contributed by atoms with Crippen molar-refractivity contribution >= 4 is 26.9 Å². The maximum Gasteiger partial charge on any atom is 0.279 e. The zero-order valence-electron chi connectivity index (χ0n) is 11.8. The fourth-order valence-electron chi connectivity index (χ4n) is 1.87. The molecule has 1 heterocycles. The van der Waals surface area contributed by atoms with Crippen LogP contribution >= 0.6 is 9.39 Å². The molecular weight excluding hydrogens is 261 g/mol. The largest absolute Gasteiger partial charge is 0.351 e. The Hall–Kier alpha value is -1.22. The Bertz CT molecular complexity index is 426. The molecule has 1 N–H and O–H groups in total. The highest BCUT2D eigenvalue weighted by molar-refractivity contribution is 7.15. The third kappa shape index (κ3) is 4.13. The number of rotatable bonds is 6. The van der Waals surface area contributed by atoms with Crippen LogP contribution in [-0.4, -0.2) is 28.9 Å². The number of carbonyl (C=O) groups excluding carboxylic acids is 2. The van der Waals surface area contributed by atoms with Crippen molar-refractivity contribution in [1.29, 1.82) is 0 Å². The van der Waals surface area contributed by atoms with Gasteiger partial charge in [-0.1, -0.05) is 31.8 Å². The first-order valence-corrected chi connectivity index (χ1v) is 7.14. The van der Waals surface area contributed by atoms with Crippen molar-refractivity contribution in [1.82, 2.24) is 10.1 Å².